The molecule has 0 bridgehead atoms. The molecule has 13 heavy (non-hydrogen) atoms. The maximum Gasteiger partial charge on any atom is 0.109 e. The molecule has 68 valence electrons. The Kier molecular flexibility index (Phi) is 1.94. The van der Waals surface area contributed by atoms with Crippen LogP contribution in [0.1, 0.15) is 22.8 Å². The van der Waals surface area contributed by atoms with Crippen LogP contribution in [0.5, 0.6) is 0 Å². The smallest absolute Gasteiger partial charge is 0.109 e. The molecule has 0 amide bonds. The molecule has 0 spiro atoms. The van der Waals surface area contributed by atoms with Crippen LogP contribution >= 0.6 is 0 Å². The van der Waals surface area contributed by atoms with Crippen LogP contribution in [-0.2, 0) is 0 Å². The zero-order valence-electron chi connectivity index (χ0n) is 7.44. The van der Waals surface area contributed by atoms with Gasteiger partial charge in [-0.3, -0.25) is 0 Å². The quantitative estimate of drug-likeness (QED) is 0.627. The summed E-state index contributed by atoms with van der Waals surface area (Å²) in [6.07, 6.45) is 1.91. The van der Waals surface area contributed by atoms with Crippen molar-refractivity contribution < 1.29 is 10.2 Å². The van der Waals surface area contributed by atoms with Crippen LogP contribution in [0.15, 0.2) is 24.3 Å². The molecule has 2 atom stereocenters. The fourth-order valence-electron chi connectivity index (χ4n) is 1.59. The van der Waals surface area contributed by atoms with E-state index >= 15 is 0 Å². The highest BCUT2D eigenvalue weighted by Crippen LogP contribution is 2.28. The second kappa shape index (κ2) is 2.98. The van der Waals surface area contributed by atoms with Crippen LogP contribution in [0.25, 0.3) is 6.08 Å². The molecule has 2 nitrogen and oxygen atoms in total. The molecule has 1 aromatic carbocycles. The van der Waals surface area contributed by atoms with Gasteiger partial charge in [-0.25, -0.2) is 0 Å². The normalized spacial score (nSPS) is 25.8. The van der Waals surface area contributed by atoms with Gasteiger partial charge in [0.05, 0.1) is 0 Å². The van der Waals surface area contributed by atoms with E-state index in [1.54, 1.807) is 6.08 Å². The van der Waals surface area contributed by atoms with E-state index in [2.05, 4.69) is 0 Å². The highest BCUT2D eigenvalue weighted by Gasteiger charge is 2.21. The van der Waals surface area contributed by atoms with Crippen molar-refractivity contribution in [3.63, 3.8) is 0 Å². The number of benzene rings is 1. The average molecular weight is 176 g/mol. The summed E-state index contributed by atoms with van der Waals surface area (Å²) in [4.78, 5) is 0. The number of aryl methyl sites for hydroxylation is 1. The molecule has 0 unspecified atom stereocenters. The van der Waals surface area contributed by atoms with Gasteiger partial charge >= 0.3 is 0 Å². The monoisotopic (exact) mass is 176 g/mol. The molecule has 0 radical (unpaired) electrons. The molecule has 1 aliphatic carbocycles. The molecule has 0 saturated carbocycles. The zero-order valence-corrected chi connectivity index (χ0v) is 7.44. The Morgan fingerprint density at radius 2 is 2.00 bits per heavy atom. The standard InChI is InChI=1S/C11H12O2/c1-7-2-3-8-4-5-10(12)11(13)9(8)6-7/h2-6,10-13H,1H3/t10-,11-/m0/s1. The van der Waals surface area contributed by atoms with Crippen LogP contribution in [-0.4, -0.2) is 16.3 Å². The second-order valence-corrected chi connectivity index (χ2v) is 3.43. The molecule has 2 heteroatoms. The van der Waals surface area contributed by atoms with E-state index in [-0.39, 0.29) is 0 Å². The first-order chi connectivity index (χ1) is 6.18. The lowest BCUT2D eigenvalue weighted by Gasteiger charge is -2.21. The Morgan fingerprint density at radius 1 is 1.23 bits per heavy atom. The van der Waals surface area contributed by atoms with Crippen molar-refractivity contribution in [2.45, 2.75) is 19.1 Å². The minimum atomic E-state index is -0.778. The van der Waals surface area contributed by atoms with Gasteiger partial charge < -0.3 is 10.2 Å². The van der Waals surface area contributed by atoms with Gasteiger partial charge in [-0.1, -0.05) is 35.9 Å². The van der Waals surface area contributed by atoms with Crippen molar-refractivity contribution in [3.05, 3.63) is 41.0 Å². The van der Waals surface area contributed by atoms with E-state index in [0.717, 1.165) is 16.7 Å². The predicted molar refractivity (Wildman–Crippen MR) is 51.2 cm³/mol. The molecule has 0 saturated heterocycles. The molecular weight excluding hydrogens is 164 g/mol. The third-order valence-electron chi connectivity index (χ3n) is 2.36. The largest absolute Gasteiger partial charge is 0.386 e. The first kappa shape index (κ1) is 8.48. The maximum atomic E-state index is 9.65. The molecule has 0 aliphatic heterocycles. The highest BCUT2D eigenvalue weighted by molar-refractivity contribution is 5.58. The lowest BCUT2D eigenvalue weighted by molar-refractivity contribution is 0.0470. The second-order valence-electron chi connectivity index (χ2n) is 3.43. The lowest BCUT2D eigenvalue weighted by atomic mass is 9.92. The van der Waals surface area contributed by atoms with Gasteiger partial charge in [0.15, 0.2) is 0 Å². The molecule has 1 aromatic rings. The minimum Gasteiger partial charge on any atom is -0.386 e. The first-order valence-electron chi connectivity index (χ1n) is 4.33. The van der Waals surface area contributed by atoms with Crippen LogP contribution in [0.2, 0.25) is 0 Å². The third-order valence-corrected chi connectivity index (χ3v) is 2.36. The van der Waals surface area contributed by atoms with Crippen LogP contribution in [0.4, 0.5) is 0 Å². The van der Waals surface area contributed by atoms with Gasteiger partial charge in [-0.05, 0) is 18.1 Å². The number of hydrogen-bond acceptors (Lipinski definition) is 2. The van der Waals surface area contributed by atoms with E-state index < -0.39 is 12.2 Å². The van der Waals surface area contributed by atoms with Crippen molar-refractivity contribution in [2.24, 2.45) is 0 Å². The number of aliphatic hydroxyl groups excluding tert-OH is 2. The summed E-state index contributed by atoms with van der Waals surface area (Å²) >= 11 is 0. The van der Waals surface area contributed by atoms with Gasteiger partial charge in [0.2, 0.25) is 0 Å². The average Bonchev–Trinajstić information content (AvgIpc) is 2.12. The van der Waals surface area contributed by atoms with Crippen LogP contribution in [0.3, 0.4) is 0 Å². The van der Waals surface area contributed by atoms with Crippen LogP contribution in [0, 0.1) is 6.92 Å². The van der Waals surface area contributed by atoms with Gasteiger partial charge in [-0.2, -0.15) is 0 Å². The Balaban J connectivity index is 2.54. The Morgan fingerprint density at radius 3 is 2.77 bits per heavy atom. The predicted octanol–water partition coefficient (Wildman–Crippen LogP) is 1.42. The fraction of sp³-hybridized carbons (Fsp3) is 0.273. The summed E-state index contributed by atoms with van der Waals surface area (Å²) in [5.74, 6) is 0. The molecule has 0 heterocycles. The molecule has 1 aliphatic rings. The first-order valence-corrected chi connectivity index (χ1v) is 4.33. The summed E-state index contributed by atoms with van der Waals surface area (Å²) < 4.78 is 0. The summed E-state index contributed by atoms with van der Waals surface area (Å²) in [7, 11) is 0. The topological polar surface area (TPSA) is 40.5 Å². The van der Waals surface area contributed by atoms with Gasteiger partial charge in [0.1, 0.15) is 12.2 Å². The minimum absolute atomic E-state index is 0.769. The van der Waals surface area contributed by atoms with Crippen molar-refractivity contribution in [1.29, 1.82) is 0 Å². The maximum absolute atomic E-state index is 9.65. The van der Waals surface area contributed by atoms with Crippen molar-refractivity contribution in [2.75, 3.05) is 0 Å². The van der Waals surface area contributed by atoms with E-state index in [1.165, 1.54) is 0 Å². The molecule has 0 aromatic heterocycles. The SMILES string of the molecule is Cc1ccc2c(c1)[C@H](O)[C@@H](O)C=C2. The Bertz CT molecular complexity index is 355. The fourth-order valence-corrected chi connectivity index (χ4v) is 1.59. The summed E-state index contributed by atoms with van der Waals surface area (Å²) in [6, 6.07) is 5.86. The Labute approximate surface area is 77.1 Å². The van der Waals surface area contributed by atoms with E-state index in [1.807, 2.05) is 31.2 Å². The van der Waals surface area contributed by atoms with E-state index in [0.29, 0.717) is 0 Å². The summed E-state index contributed by atoms with van der Waals surface area (Å²) in [5.41, 5.74) is 2.90. The van der Waals surface area contributed by atoms with Gasteiger partial charge in [0, 0.05) is 0 Å². The summed E-state index contributed by atoms with van der Waals surface area (Å²) in [6.45, 7) is 1.97. The third kappa shape index (κ3) is 1.39. The molecule has 2 N–H and O–H groups in total. The van der Waals surface area contributed by atoms with E-state index in [4.69, 9.17) is 0 Å². The molecule has 0 fully saturated rings. The number of aliphatic hydroxyl groups is 2. The van der Waals surface area contributed by atoms with Crippen molar-refractivity contribution in [1.82, 2.24) is 0 Å². The zero-order chi connectivity index (χ0) is 9.42. The Hall–Kier alpha value is -1.12. The van der Waals surface area contributed by atoms with Crippen molar-refractivity contribution in [3.8, 4) is 0 Å². The highest BCUT2D eigenvalue weighted by atomic mass is 16.3. The number of rotatable bonds is 0. The molecular formula is C11H12O2. The number of hydrogen-bond donors (Lipinski definition) is 2. The lowest BCUT2D eigenvalue weighted by Crippen LogP contribution is -2.19. The summed E-state index contributed by atoms with van der Waals surface area (Å²) in [5, 5.41) is 19.0. The van der Waals surface area contributed by atoms with E-state index in [9.17, 15) is 10.2 Å². The van der Waals surface area contributed by atoms with Gasteiger partial charge in [-0.15, -0.1) is 0 Å². The van der Waals surface area contributed by atoms with Crippen molar-refractivity contribution >= 4 is 6.08 Å². The van der Waals surface area contributed by atoms with Gasteiger partial charge in [0.25, 0.3) is 0 Å². The number of fused-ring (bicyclic) bond motifs is 1. The molecule has 2 rings (SSSR count). The van der Waals surface area contributed by atoms with Crippen LogP contribution < -0.4 is 0 Å².